The molecule has 10 heteroatoms. The second-order valence-corrected chi connectivity index (χ2v) is 10.5. The second kappa shape index (κ2) is 8.60. The first-order valence-electron chi connectivity index (χ1n) is 8.86. The number of pyridine rings is 1. The molecule has 2 aliphatic rings. The summed E-state index contributed by atoms with van der Waals surface area (Å²) >= 11 is 5.07. The maximum Gasteiger partial charge on any atom is 0.265 e. The predicted molar refractivity (Wildman–Crippen MR) is 120 cm³/mol. The number of nitrogens with two attached hydrogens (primary N) is 1. The lowest BCUT2D eigenvalue weighted by atomic mass is 10.0. The molecule has 0 aromatic carbocycles. The van der Waals surface area contributed by atoms with Gasteiger partial charge < -0.3 is 16.4 Å². The Balaban J connectivity index is 1.49. The van der Waals surface area contributed by atoms with Gasteiger partial charge in [-0.05, 0) is 62.2 Å². The lowest BCUT2D eigenvalue weighted by Gasteiger charge is -2.17. The lowest BCUT2D eigenvalue weighted by molar-refractivity contribution is -0.118. The minimum absolute atomic E-state index is 0.112. The van der Waals surface area contributed by atoms with Crippen LogP contribution in [0, 0.1) is 0 Å². The maximum absolute atomic E-state index is 12.4. The SMILES string of the molecule is NC(=O)[C@H](CC1=C(Br)S2=NCC(NC(=O)c3cccs3)=C2C1)Nc1ccccn1. The number of hydrogen-bond acceptors (Lipinski definition) is 6. The van der Waals surface area contributed by atoms with Gasteiger partial charge in [-0.25, -0.2) is 9.35 Å². The molecule has 7 nitrogen and oxygen atoms in total. The van der Waals surface area contributed by atoms with Crippen LogP contribution in [0.25, 0.3) is 0 Å². The Morgan fingerprint density at radius 1 is 1.31 bits per heavy atom. The molecule has 2 aromatic heterocycles. The fourth-order valence-corrected chi connectivity index (χ4v) is 6.76. The van der Waals surface area contributed by atoms with Gasteiger partial charge in [0.2, 0.25) is 5.91 Å². The Bertz CT molecular complexity index is 1050. The van der Waals surface area contributed by atoms with Gasteiger partial charge in [0, 0.05) is 17.5 Å². The fraction of sp³-hybridized carbons (Fsp3) is 0.211. The third kappa shape index (κ3) is 4.34. The third-order valence-electron chi connectivity index (χ3n) is 4.53. The zero-order valence-electron chi connectivity index (χ0n) is 15.2. The number of carbonyl (C=O) groups excluding carboxylic acids is 2. The van der Waals surface area contributed by atoms with Gasteiger partial charge in [0.25, 0.3) is 5.91 Å². The zero-order chi connectivity index (χ0) is 20.4. The molecule has 4 rings (SSSR count). The van der Waals surface area contributed by atoms with E-state index in [1.54, 1.807) is 18.3 Å². The molecule has 150 valence electrons. The van der Waals surface area contributed by atoms with Gasteiger partial charge in [0.05, 0.1) is 20.9 Å². The van der Waals surface area contributed by atoms with Crippen LogP contribution < -0.4 is 16.4 Å². The maximum atomic E-state index is 12.4. The molecule has 2 aromatic rings. The van der Waals surface area contributed by atoms with Crippen molar-refractivity contribution in [3.05, 3.63) is 66.8 Å². The van der Waals surface area contributed by atoms with E-state index < -0.39 is 22.6 Å². The van der Waals surface area contributed by atoms with Crippen molar-refractivity contribution in [1.29, 1.82) is 0 Å². The van der Waals surface area contributed by atoms with Crippen LogP contribution >= 0.6 is 27.3 Å². The summed E-state index contributed by atoms with van der Waals surface area (Å²) in [5, 5.41) is 7.99. The first-order chi connectivity index (χ1) is 14.0. The number of halogens is 1. The summed E-state index contributed by atoms with van der Waals surface area (Å²) in [7, 11) is -0.418. The zero-order valence-corrected chi connectivity index (χ0v) is 18.4. The van der Waals surface area contributed by atoms with Crippen LogP contribution in [0.1, 0.15) is 22.5 Å². The predicted octanol–water partition coefficient (Wildman–Crippen LogP) is 3.27. The average Bonchev–Trinajstić information content (AvgIpc) is 3.43. The summed E-state index contributed by atoms with van der Waals surface area (Å²) in [5.74, 6) is 0.0435. The van der Waals surface area contributed by atoms with E-state index in [1.165, 1.54) is 11.3 Å². The summed E-state index contributed by atoms with van der Waals surface area (Å²) in [6.45, 7) is 0.489. The number of primary amides is 1. The van der Waals surface area contributed by atoms with E-state index in [2.05, 4.69) is 35.9 Å². The van der Waals surface area contributed by atoms with Crippen LogP contribution in [0.2, 0.25) is 0 Å². The first kappa shape index (κ1) is 20.0. The van der Waals surface area contributed by atoms with E-state index in [-0.39, 0.29) is 5.91 Å². The van der Waals surface area contributed by atoms with E-state index >= 15 is 0 Å². The third-order valence-corrected chi connectivity index (χ3v) is 8.76. The molecule has 4 heterocycles. The van der Waals surface area contributed by atoms with E-state index in [0.29, 0.717) is 30.1 Å². The molecular weight excluding hydrogens is 474 g/mol. The molecular formula is C19H18BrN5O2S2. The van der Waals surface area contributed by atoms with Crippen LogP contribution in [0.5, 0.6) is 0 Å². The molecule has 2 amide bonds. The molecule has 0 spiro atoms. The molecule has 0 saturated carbocycles. The second-order valence-electron chi connectivity index (χ2n) is 6.48. The standard InChI is InChI=1S/C19H18BrN5O2S2/c20-17-11(8-12(18(21)26)24-16-5-1-2-6-22-16)9-15-13(10-23-29(15)17)25-19(27)14-4-3-7-28-14/h1-7,12H,8-10H2,(H2,21,26)(H,22,24)(H,25,27)/t12-,29?/m0/s1. The van der Waals surface area contributed by atoms with Crippen molar-refractivity contribution >= 4 is 55.6 Å². The minimum Gasteiger partial charge on any atom is -0.368 e. The molecule has 0 aliphatic carbocycles. The van der Waals surface area contributed by atoms with Crippen molar-refractivity contribution in [2.45, 2.75) is 18.9 Å². The van der Waals surface area contributed by atoms with E-state index in [4.69, 9.17) is 5.73 Å². The summed E-state index contributed by atoms with van der Waals surface area (Å²) in [4.78, 5) is 30.4. The quantitative estimate of drug-likeness (QED) is 0.551. The average molecular weight is 492 g/mol. The molecule has 0 bridgehead atoms. The number of allylic oxidation sites excluding steroid dienone is 1. The van der Waals surface area contributed by atoms with Crippen LogP contribution in [-0.4, -0.2) is 29.4 Å². The van der Waals surface area contributed by atoms with Crippen molar-refractivity contribution < 1.29 is 9.59 Å². The number of nitrogens with one attached hydrogen (secondary N) is 2. The van der Waals surface area contributed by atoms with Crippen LogP contribution in [0.15, 0.2) is 66.3 Å². The van der Waals surface area contributed by atoms with Gasteiger partial charge in [-0.15, -0.1) is 11.3 Å². The van der Waals surface area contributed by atoms with Crippen LogP contribution in [0.3, 0.4) is 0 Å². The minimum atomic E-state index is -0.583. The number of fused-ring (bicyclic) bond motifs is 1. The van der Waals surface area contributed by atoms with E-state index in [9.17, 15) is 9.59 Å². The Kier molecular flexibility index (Phi) is 5.93. The number of hydrogen-bond donors (Lipinski definition) is 3. The normalized spacial score (nSPS) is 19.0. The number of carbonyl (C=O) groups is 2. The number of amides is 2. The van der Waals surface area contributed by atoms with E-state index in [1.807, 2.05) is 23.6 Å². The van der Waals surface area contributed by atoms with Gasteiger partial charge in [-0.1, -0.05) is 12.1 Å². The van der Waals surface area contributed by atoms with Crippen LogP contribution in [-0.2, 0) is 15.5 Å². The van der Waals surface area contributed by atoms with Gasteiger partial charge in [-0.2, -0.15) is 0 Å². The van der Waals surface area contributed by atoms with Crippen molar-refractivity contribution in [3.63, 3.8) is 0 Å². The topological polar surface area (TPSA) is 109 Å². The number of aromatic nitrogens is 1. The van der Waals surface area contributed by atoms with E-state index in [0.717, 1.165) is 20.0 Å². The number of rotatable bonds is 7. The molecule has 0 saturated heterocycles. The van der Waals surface area contributed by atoms with Gasteiger partial charge in [-0.3, -0.25) is 9.59 Å². The van der Waals surface area contributed by atoms with Crippen molar-refractivity contribution in [2.24, 2.45) is 10.1 Å². The molecule has 2 atom stereocenters. The van der Waals surface area contributed by atoms with Gasteiger partial charge in [0.15, 0.2) is 0 Å². The smallest absolute Gasteiger partial charge is 0.265 e. The molecule has 2 aliphatic heterocycles. The van der Waals surface area contributed by atoms with Gasteiger partial charge >= 0.3 is 0 Å². The van der Waals surface area contributed by atoms with Crippen LogP contribution in [0.4, 0.5) is 5.82 Å². The lowest BCUT2D eigenvalue weighted by Crippen LogP contribution is -2.36. The summed E-state index contributed by atoms with van der Waals surface area (Å²) in [5.41, 5.74) is 7.53. The summed E-state index contributed by atoms with van der Waals surface area (Å²) < 4.78 is 5.64. The molecule has 0 fully saturated rings. The van der Waals surface area contributed by atoms with Gasteiger partial charge in [0.1, 0.15) is 11.9 Å². The van der Waals surface area contributed by atoms with Crippen molar-refractivity contribution in [2.75, 3.05) is 11.9 Å². The molecule has 4 N–H and O–H groups in total. The number of thiophene rings is 1. The Labute approximate surface area is 182 Å². The Hall–Kier alpha value is -2.30. The molecule has 0 radical (unpaired) electrons. The monoisotopic (exact) mass is 491 g/mol. The number of anilines is 1. The highest BCUT2D eigenvalue weighted by atomic mass is 79.9. The highest BCUT2D eigenvalue weighted by Crippen LogP contribution is 2.43. The number of nitrogens with zero attached hydrogens (tertiary/aromatic N) is 2. The summed E-state index contributed by atoms with van der Waals surface area (Å²) in [6.07, 6.45) is 2.76. The molecule has 1 unspecified atom stereocenters. The van der Waals surface area contributed by atoms with Crippen molar-refractivity contribution in [3.8, 4) is 0 Å². The Morgan fingerprint density at radius 3 is 2.86 bits per heavy atom. The summed E-state index contributed by atoms with van der Waals surface area (Å²) in [6, 6.07) is 8.51. The first-order valence-corrected chi connectivity index (χ1v) is 11.7. The van der Waals surface area contributed by atoms with Crippen molar-refractivity contribution in [1.82, 2.24) is 10.3 Å². The Morgan fingerprint density at radius 2 is 2.17 bits per heavy atom. The largest absolute Gasteiger partial charge is 0.368 e. The molecule has 29 heavy (non-hydrogen) atoms. The fourth-order valence-electron chi connectivity index (χ4n) is 3.12. The highest BCUT2D eigenvalue weighted by Gasteiger charge is 2.32. The highest BCUT2D eigenvalue weighted by molar-refractivity contribution is 9.13.